The van der Waals surface area contributed by atoms with E-state index in [2.05, 4.69) is 40.5 Å². The van der Waals surface area contributed by atoms with Gasteiger partial charge in [0.15, 0.2) is 0 Å². The van der Waals surface area contributed by atoms with Gasteiger partial charge in [-0.15, -0.1) is 19.7 Å². The van der Waals surface area contributed by atoms with Gasteiger partial charge >= 0.3 is 0 Å². The molecule has 102 valence electrons. The van der Waals surface area contributed by atoms with E-state index in [-0.39, 0.29) is 0 Å². The van der Waals surface area contributed by atoms with Crippen molar-refractivity contribution in [2.75, 3.05) is 19.8 Å². The molecule has 3 heteroatoms. The van der Waals surface area contributed by atoms with E-state index in [9.17, 15) is 0 Å². The molecule has 0 N–H and O–H groups in total. The van der Waals surface area contributed by atoms with Crippen LogP contribution in [0.15, 0.2) is 35.3 Å². The molecule has 1 aliphatic rings. The lowest BCUT2D eigenvalue weighted by Gasteiger charge is -2.33. The molecule has 1 fully saturated rings. The number of ether oxygens (including phenoxy) is 2. The van der Waals surface area contributed by atoms with Crippen molar-refractivity contribution in [3.63, 3.8) is 0 Å². The first-order valence-corrected chi connectivity index (χ1v) is 8.79. The monoisotopic (exact) mass is 266 g/mol. The van der Waals surface area contributed by atoms with Crippen LogP contribution >= 0.6 is 0 Å². The number of rotatable bonds is 9. The average molecular weight is 266 g/mol. The van der Waals surface area contributed by atoms with E-state index < -0.39 is 8.07 Å². The molecule has 1 rings (SSSR count). The smallest absolute Gasteiger partial charge is 0.133 e. The molecule has 0 saturated carbocycles. The number of epoxide rings is 1. The van der Waals surface area contributed by atoms with E-state index in [1.54, 1.807) is 0 Å². The van der Waals surface area contributed by atoms with Crippen LogP contribution in [0.25, 0.3) is 0 Å². The fraction of sp³-hybridized carbons (Fsp3) is 0.600. The van der Waals surface area contributed by atoms with Crippen LogP contribution in [0.2, 0.25) is 6.04 Å². The van der Waals surface area contributed by atoms with Gasteiger partial charge in [-0.2, -0.15) is 0 Å². The van der Waals surface area contributed by atoms with Crippen molar-refractivity contribution in [3.8, 4) is 0 Å². The van der Waals surface area contributed by atoms with Crippen LogP contribution in [-0.2, 0) is 9.47 Å². The van der Waals surface area contributed by atoms with E-state index in [0.717, 1.165) is 32.3 Å². The highest BCUT2D eigenvalue weighted by atomic mass is 28.3. The Kier molecular flexibility index (Phi) is 5.57. The van der Waals surface area contributed by atoms with Crippen LogP contribution < -0.4 is 0 Å². The number of hydrogen-bond acceptors (Lipinski definition) is 2. The molecular formula is C15H26O2Si. The summed E-state index contributed by atoms with van der Waals surface area (Å²) < 4.78 is 10.7. The van der Waals surface area contributed by atoms with Crippen molar-refractivity contribution in [3.05, 3.63) is 35.3 Å². The van der Waals surface area contributed by atoms with Gasteiger partial charge in [0.2, 0.25) is 0 Å². The fourth-order valence-electron chi connectivity index (χ4n) is 2.55. The molecule has 0 aromatic rings. The zero-order chi connectivity index (χ0) is 13.8. The summed E-state index contributed by atoms with van der Waals surface area (Å²) in [7, 11) is -1.78. The Morgan fingerprint density at radius 2 is 1.67 bits per heavy atom. The molecule has 0 spiro atoms. The minimum absolute atomic E-state index is 0.357. The molecule has 0 aromatic carbocycles. The van der Waals surface area contributed by atoms with Crippen molar-refractivity contribution in [1.29, 1.82) is 0 Å². The highest BCUT2D eigenvalue weighted by Crippen LogP contribution is 2.33. The van der Waals surface area contributed by atoms with Gasteiger partial charge in [-0.3, -0.25) is 0 Å². The van der Waals surface area contributed by atoms with Crippen molar-refractivity contribution in [1.82, 2.24) is 0 Å². The van der Waals surface area contributed by atoms with E-state index in [1.165, 1.54) is 15.6 Å². The summed E-state index contributed by atoms with van der Waals surface area (Å²) in [4.78, 5) is 0. The van der Waals surface area contributed by atoms with E-state index >= 15 is 0 Å². The SMILES string of the molecule is C=C(C)[Si](CCCOCC1CO1)(C(=C)C)C(=C)C. The van der Waals surface area contributed by atoms with Gasteiger partial charge in [-0.25, -0.2) is 0 Å². The van der Waals surface area contributed by atoms with Crippen molar-refractivity contribution >= 4 is 8.07 Å². The first-order chi connectivity index (χ1) is 8.41. The lowest BCUT2D eigenvalue weighted by molar-refractivity contribution is 0.117. The Hall–Kier alpha value is -0.643. The summed E-state index contributed by atoms with van der Waals surface area (Å²) in [6.07, 6.45) is 1.40. The zero-order valence-electron chi connectivity index (χ0n) is 12.1. The minimum Gasteiger partial charge on any atom is -0.379 e. The van der Waals surface area contributed by atoms with E-state index in [4.69, 9.17) is 9.47 Å². The summed E-state index contributed by atoms with van der Waals surface area (Å²) >= 11 is 0. The third-order valence-electron chi connectivity index (χ3n) is 3.73. The predicted molar refractivity (Wildman–Crippen MR) is 80.2 cm³/mol. The van der Waals surface area contributed by atoms with Crippen LogP contribution in [0.1, 0.15) is 27.2 Å². The topological polar surface area (TPSA) is 21.8 Å². The van der Waals surface area contributed by atoms with Gasteiger partial charge in [0.25, 0.3) is 0 Å². The van der Waals surface area contributed by atoms with Crippen LogP contribution in [0, 0.1) is 0 Å². The van der Waals surface area contributed by atoms with Crippen LogP contribution in [0.3, 0.4) is 0 Å². The lowest BCUT2D eigenvalue weighted by atomic mass is 10.5. The first kappa shape index (κ1) is 15.4. The highest BCUT2D eigenvalue weighted by molar-refractivity contribution is 6.97. The largest absolute Gasteiger partial charge is 0.379 e. The zero-order valence-corrected chi connectivity index (χ0v) is 13.1. The summed E-state index contributed by atoms with van der Waals surface area (Å²) in [5.41, 5.74) is 0. The molecule has 1 atom stereocenters. The van der Waals surface area contributed by atoms with Gasteiger partial charge in [-0.05, 0) is 33.2 Å². The second-order valence-corrected chi connectivity index (χ2v) is 10.3. The molecule has 0 bridgehead atoms. The molecule has 0 aromatic heterocycles. The van der Waals surface area contributed by atoms with Crippen molar-refractivity contribution in [2.45, 2.75) is 39.3 Å². The third-order valence-corrected chi connectivity index (χ3v) is 9.21. The standard InChI is InChI=1S/C15H26O2Si/c1-12(2)18(13(3)4,14(5)6)9-7-8-16-10-15-11-17-15/h15H,1,3,5,7-11H2,2,4,6H3. The molecule has 0 aliphatic carbocycles. The van der Waals surface area contributed by atoms with E-state index in [0.29, 0.717) is 6.10 Å². The molecule has 18 heavy (non-hydrogen) atoms. The van der Waals surface area contributed by atoms with Crippen LogP contribution in [-0.4, -0.2) is 34.0 Å². The number of allylic oxidation sites excluding steroid dienone is 3. The molecule has 1 saturated heterocycles. The Bertz CT molecular complexity index is 306. The van der Waals surface area contributed by atoms with Gasteiger partial charge in [0, 0.05) is 6.61 Å². The summed E-state index contributed by atoms with van der Waals surface area (Å²) in [5.74, 6) is 0. The van der Waals surface area contributed by atoms with Crippen LogP contribution in [0.4, 0.5) is 0 Å². The summed E-state index contributed by atoms with van der Waals surface area (Å²) in [6.45, 7) is 21.3. The average Bonchev–Trinajstić information content (AvgIpc) is 3.05. The van der Waals surface area contributed by atoms with Crippen molar-refractivity contribution in [2.24, 2.45) is 0 Å². The Labute approximate surface area is 112 Å². The molecule has 1 aliphatic heterocycles. The summed E-state index contributed by atoms with van der Waals surface area (Å²) in [5, 5.41) is 3.77. The third kappa shape index (κ3) is 3.67. The molecule has 1 unspecified atom stereocenters. The second-order valence-electron chi connectivity index (χ2n) is 5.38. The second kappa shape index (κ2) is 6.50. The Morgan fingerprint density at radius 3 is 2.06 bits per heavy atom. The fourth-order valence-corrected chi connectivity index (χ4v) is 6.69. The van der Waals surface area contributed by atoms with Gasteiger partial charge in [0.05, 0.1) is 13.2 Å². The quantitative estimate of drug-likeness (QED) is 0.361. The highest BCUT2D eigenvalue weighted by Gasteiger charge is 2.35. The van der Waals surface area contributed by atoms with E-state index in [1.807, 2.05) is 0 Å². The Balaban J connectivity index is 2.46. The van der Waals surface area contributed by atoms with Gasteiger partial charge < -0.3 is 9.47 Å². The van der Waals surface area contributed by atoms with Gasteiger partial charge in [-0.1, -0.05) is 15.6 Å². The first-order valence-electron chi connectivity index (χ1n) is 6.58. The molecule has 1 heterocycles. The normalized spacial score (nSPS) is 18.5. The number of hydrogen-bond donors (Lipinski definition) is 0. The minimum atomic E-state index is -1.78. The molecule has 2 nitrogen and oxygen atoms in total. The molecule has 0 amide bonds. The maximum atomic E-state index is 5.60. The maximum Gasteiger partial charge on any atom is 0.133 e. The molecule has 0 radical (unpaired) electrons. The van der Waals surface area contributed by atoms with Gasteiger partial charge in [0.1, 0.15) is 14.2 Å². The lowest BCUT2D eigenvalue weighted by Crippen LogP contribution is -2.39. The summed E-state index contributed by atoms with van der Waals surface area (Å²) in [6, 6.07) is 1.11. The van der Waals surface area contributed by atoms with Crippen molar-refractivity contribution < 1.29 is 9.47 Å². The Morgan fingerprint density at radius 1 is 1.17 bits per heavy atom. The van der Waals surface area contributed by atoms with Crippen LogP contribution in [0.5, 0.6) is 0 Å². The maximum absolute atomic E-state index is 5.60. The molecular weight excluding hydrogens is 240 g/mol. The predicted octanol–water partition coefficient (Wildman–Crippen LogP) is 3.59.